The Balaban J connectivity index is 2.16. The lowest BCUT2D eigenvalue weighted by atomic mass is 10.1. The van der Waals surface area contributed by atoms with Crippen LogP contribution in [-0.2, 0) is 4.84 Å². The van der Waals surface area contributed by atoms with E-state index in [1.807, 2.05) is 19.9 Å². The lowest BCUT2D eigenvalue weighted by Crippen LogP contribution is -2.16. The van der Waals surface area contributed by atoms with E-state index in [1.54, 1.807) is 24.3 Å². The van der Waals surface area contributed by atoms with Crippen LogP contribution in [0.25, 0.3) is 0 Å². The van der Waals surface area contributed by atoms with Crippen molar-refractivity contribution in [2.75, 3.05) is 0 Å². The Bertz CT molecular complexity index is 758. The van der Waals surface area contributed by atoms with Gasteiger partial charge in [0, 0.05) is 10.6 Å². The molecular weight excluding hydrogens is 323 g/mol. The Kier molecular flexibility index (Phi) is 5.06. The van der Waals surface area contributed by atoms with Crippen LogP contribution in [0, 0.1) is 13.8 Å². The maximum absolute atomic E-state index is 11.9. The Morgan fingerprint density at radius 2 is 1.82 bits per heavy atom. The van der Waals surface area contributed by atoms with E-state index in [2.05, 4.69) is 5.16 Å². The Hall–Kier alpha value is -2.04. The van der Waals surface area contributed by atoms with Crippen molar-refractivity contribution in [3.05, 3.63) is 68.7 Å². The van der Waals surface area contributed by atoms with Crippen LogP contribution in [0.2, 0.25) is 10.0 Å². The number of nitrogens with two attached hydrogens (primary N) is 1. The van der Waals surface area contributed by atoms with E-state index in [0.29, 0.717) is 21.2 Å². The molecule has 0 radical (unpaired) electrons. The van der Waals surface area contributed by atoms with E-state index in [9.17, 15) is 4.79 Å². The number of oxime groups is 1. The van der Waals surface area contributed by atoms with Gasteiger partial charge in [-0.25, -0.2) is 4.79 Å². The smallest absolute Gasteiger partial charge is 0.365 e. The monoisotopic (exact) mass is 336 g/mol. The summed E-state index contributed by atoms with van der Waals surface area (Å²) in [6.07, 6.45) is 0. The van der Waals surface area contributed by atoms with Gasteiger partial charge in [0.2, 0.25) is 0 Å². The van der Waals surface area contributed by atoms with Crippen LogP contribution in [0.5, 0.6) is 0 Å². The molecule has 0 aliphatic heterocycles. The Labute approximate surface area is 138 Å². The summed E-state index contributed by atoms with van der Waals surface area (Å²) in [4.78, 5) is 16.8. The van der Waals surface area contributed by atoms with E-state index in [0.717, 1.165) is 11.1 Å². The van der Waals surface area contributed by atoms with E-state index in [4.69, 9.17) is 33.8 Å². The number of halogens is 2. The predicted octanol–water partition coefficient (Wildman–Crippen LogP) is 4.09. The molecule has 4 nitrogen and oxygen atoms in total. The molecule has 114 valence electrons. The maximum Gasteiger partial charge on any atom is 0.365 e. The molecule has 22 heavy (non-hydrogen) atoms. The van der Waals surface area contributed by atoms with Crippen molar-refractivity contribution in [3.8, 4) is 0 Å². The van der Waals surface area contributed by atoms with Gasteiger partial charge in [-0.1, -0.05) is 34.4 Å². The second kappa shape index (κ2) is 6.81. The minimum absolute atomic E-state index is 0.00106. The highest BCUT2D eigenvalue weighted by molar-refractivity contribution is 6.36. The van der Waals surface area contributed by atoms with Crippen molar-refractivity contribution in [1.29, 1.82) is 0 Å². The molecule has 6 heteroatoms. The standard InChI is InChI=1S/C16H14Cl2N2O2/c1-9-3-4-11(7-10(9)2)16(21)22-20-15(19)13-6-5-12(17)8-14(13)18/h3-8H,1-2H3,(H2,19,20). The molecule has 0 spiro atoms. The minimum atomic E-state index is -0.587. The first-order valence-corrected chi connectivity index (χ1v) is 7.21. The molecule has 2 N–H and O–H groups in total. The maximum atomic E-state index is 11.9. The van der Waals surface area contributed by atoms with Gasteiger partial charge in [0.05, 0.1) is 10.6 Å². The molecule has 0 fully saturated rings. The molecule has 0 saturated carbocycles. The van der Waals surface area contributed by atoms with Gasteiger partial charge in [0.15, 0.2) is 5.84 Å². The van der Waals surface area contributed by atoms with E-state index >= 15 is 0 Å². The number of hydrogen-bond donors (Lipinski definition) is 1. The number of nitrogens with zero attached hydrogens (tertiary/aromatic N) is 1. The summed E-state index contributed by atoms with van der Waals surface area (Å²) in [5.41, 5.74) is 8.70. The topological polar surface area (TPSA) is 64.7 Å². The summed E-state index contributed by atoms with van der Waals surface area (Å²) in [5, 5.41) is 4.44. The second-order valence-corrected chi connectivity index (χ2v) is 5.62. The molecule has 0 heterocycles. The van der Waals surface area contributed by atoms with Gasteiger partial charge >= 0.3 is 5.97 Å². The SMILES string of the molecule is Cc1ccc(C(=O)O/N=C(\N)c2ccc(Cl)cc2Cl)cc1C. The lowest BCUT2D eigenvalue weighted by Gasteiger charge is -2.05. The van der Waals surface area contributed by atoms with E-state index in [-0.39, 0.29) is 5.84 Å². The predicted molar refractivity (Wildman–Crippen MR) is 88.5 cm³/mol. The Morgan fingerprint density at radius 1 is 1.09 bits per heavy atom. The second-order valence-electron chi connectivity index (χ2n) is 4.78. The van der Waals surface area contributed by atoms with Crippen LogP contribution < -0.4 is 5.73 Å². The largest absolute Gasteiger partial charge is 0.380 e. The van der Waals surface area contributed by atoms with E-state index < -0.39 is 5.97 Å². The van der Waals surface area contributed by atoms with Gasteiger partial charge in [-0.05, 0) is 55.3 Å². The number of rotatable bonds is 3. The van der Waals surface area contributed by atoms with Crippen molar-refractivity contribution in [2.45, 2.75) is 13.8 Å². The van der Waals surface area contributed by atoms with Crippen molar-refractivity contribution in [2.24, 2.45) is 10.9 Å². The van der Waals surface area contributed by atoms with Crippen molar-refractivity contribution in [1.82, 2.24) is 0 Å². The Morgan fingerprint density at radius 3 is 2.45 bits per heavy atom. The van der Waals surface area contributed by atoms with Gasteiger partial charge in [-0.3, -0.25) is 0 Å². The fourth-order valence-electron chi connectivity index (χ4n) is 1.76. The van der Waals surface area contributed by atoms with Crippen LogP contribution in [-0.4, -0.2) is 11.8 Å². The first kappa shape index (κ1) is 16.3. The summed E-state index contributed by atoms with van der Waals surface area (Å²) in [5.74, 6) is -0.588. The number of hydrogen-bond acceptors (Lipinski definition) is 3. The highest BCUT2D eigenvalue weighted by Crippen LogP contribution is 2.20. The molecule has 0 atom stereocenters. The van der Waals surface area contributed by atoms with Gasteiger partial charge in [-0.2, -0.15) is 0 Å². The molecule has 0 saturated heterocycles. The summed E-state index contributed by atoms with van der Waals surface area (Å²) in [6.45, 7) is 3.88. The lowest BCUT2D eigenvalue weighted by molar-refractivity contribution is 0.0516. The quantitative estimate of drug-likeness (QED) is 0.397. The summed E-state index contributed by atoms with van der Waals surface area (Å²) in [6, 6.07) is 10.0. The highest BCUT2D eigenvalue weighted by atomic mass is 35.5. The molecule has 2 rings (SSSR count). The highest BCUT2D eigenvalue weighted by Gasteiger charge is 2.10. The summed E-state index contributed by atoms with van der Waals surface area (Å²) in [7, 11) is 0. The van der Waals surface area contributed by atoms with Crippen LogP contribution in [0.1, 0.15) is 27.0 Å². The van der Waals surface area contributed by atoms with Crippen molar-refractivity contribution >= 4 is 35.0 Å². The summed E-state index contributed by atoms with van der Waals surface area (Å²) >= 11 is 11.8. The molecule has 0 unspecified atom stereocenters. The molecule has 0 aliphatic rings. The number of benzene rings is 2. The fourth-order valence-corrected chi connectivity index (χ4v) is 2.26. The third kappa shape index (κ3) is 3.78. The van der Waals surface area contributed by atoms with Gasteiger partial charge in [0.1, 0.15) is 0 Å². The fraction of sp³-hybridized carbons (Fsp3) is 0.125. The van der Waals surface area contributed by atoms with Gasteiger partial charge < -0.3 is 10.6 Å². The number of aryl methyl sites for hydroxylation is 2. The normalized spacial score (nSPS) is 11.4. The third-order valence-corrected chi connectivity index (χ3v) is 3.72. The van der Waals surface area contributed by atoms with Crippen LogP contribution in [0.3, 0.4) is 0 Å². The van der Waals surface area contributed by atoms with Crippen molar-refractivity contribution < 1.29 is 9.63 Å². The molecule has 2 aromatic rings. The molecule has 0 amide bonds. The average Bonchev–Trinajstić information content (AvgIpc) is 2.47. The number of amidine groups is 1. The molecule has 0 aromatic heterocycles. The average molecular weight is 337 g/mol. The molecule has 2 aromatic carbocycles. The van der Waals surface area contributed by atoms with Crippen LogP contribution in [0.4, 0.5) is 0 Å². The number of carbonyl (C=O) groups is 1. The zero-order chi connectivity index (χ0) is 16.3. The molecule has 0 aliphatic carbocycles. The number of carbonyl (C=O) groups excluding carboxylic acids is 1. The zero-order valence-corrected chi connectivity index (χ0v) is 13.6. The first-order valence-electron chi connectivity index (χ1n) is 6.46. The van der Waals surface area contributed by atoms with Gasteiger partial charge in [-0.15, -0.1) is 0 Å². The summed E-state index contributed by atoms with van der Waals surface area (Å²) < 4.78 is 0. The van der Waals surface area contributed by atoms with Crippen LogP contribution in [0.15, 0.2) is 41.6 Å². The molecule has 0 bridgehead atoms. The molecular formula is C16H14Cl2N2O2. The van der Waals surface area contributed by atoms with Crippen molar-refractivity contribution in [3.63, 3.8) is 0 Å². The third-order valence-electron chi connectivity index (χ3n) is 3.18. The zero-order valence-electron chi connectivity index (χ0n) is 12.1. The first-order chi connectivity index (χ1) is 10.4. The van der Waals surface area contributed by atoms with E-state index in [1.165, 1.54) is 6.07 Å². The van der Waals surface area contributed by atoms with Gasteiger partial charge in [0.25, 0.3) is 0 Å². The minimum Gasteiger partial charge on any atom is -0.380 e. The van der Waals surface area contributed by atoms with Crippen LogP contribution >= 0.6 is 23.2 Å².